The third-order valence-corrected chi connectivity index (χ3v) is 4.79. The van der Waals surface area contributed by atoms with Crippen LogP contribution in [0.15, 0.2) is 41.8 Å². The number of ether oxygens (including phenoxy) is 1. The van der Waals surface area contributed by atoms with E-state index in [1.54, 1.807) is 47.5 Å². The molecule has 6 heteroatoms. The molecule has 0 fully saturated rings. The number of carboxylic acids is 1. The normalized spacial score (nSPS) is 10.4. The van der Waals surface area contributed by atoms with Crippen LogP contribution in [0.2, 0.25) is 0 Å². The van der Waals surface area contributed by atoms with E-state index >= 15 is 0 Å². The van der Waals surface area contributed by atoms with Gasteiger partial charge in [-0.15, -0.1) is 11.3 Å². The molecule has 1 aromatic carbocycles. The molecule has 1 N–H and O–H groups in total. The van der Waals surface area contributed by atoms with Crippen molar-refractivity contribution in [2.45, 2.75) is 32.1 Å². The Bertz CT molecular complexity index is 667. The Hall–Kier alpha value is -2.34. The maximum absolute atomic E-state index is 12.3. The fourth-order valence-corrected chi connectivity index (χ4v) is 3.18. The van der Waals surface area contributed by atoms with E-state index in [0.717, 1.165) is 31.4 Å². The van der Waals surface area contributed by atoms with Crippen molar-refractivity contribution in [1.82, 2.24) is 0 Å². The molecule has 0 saturated carbocycles. The van der Waals surface area contributed by atoms with Crippen LogP contribution < -0.4 is 9.64 Å². The maximum atomic E-state index is 12.3. The number of carbonyl (C=O) groups excluding carboxylic acids is 1. The number of unbranched alkanes of at least 4 members (excludes halogenated alkanes) is 2. The van der Waals surface area contributed by atoms with Gasteiger partial charge in [-0.25, -0.2) is 4.79 Å². The molecular formula is C19H23NO4S. The van der Waals surface area contributed by atoms with Crippen molar-refractivity contribution < 1.29 is 19.4 Å². The lowest BCUT2D eigenvalue weighted by atomic mass is 10.1. The largest absolute Gasteiger partial charge is 0.482 e. The minimum absolute atomic E-state index is 0.0790. The van der Waals surface area contributed by atoms with Gasteiger partial charge in [0.05, 0.1) is 0 Å². The Kier molecular flexibility index (Phi) is 7.47. The highest BCUT2D eigenvalue weighted by Gasteiger charge is 2.11. The highest BCUT2D eigenvalue weighted by molar-refractivity contribution is 7.09. The number of carboxylic acid groups (broad SMARTS) is 1. The fourth-order valence-electron chi connectivity index (χ4n) is 2.43. The summed E-state index contributed by atoms with van der Waals surface area (Å²) in [5, 5.41) is 10.7. The van der Waals surface area contributed by atoms with Gasteiger partial charge in [-0.05, 0) is 55.0 Å². The molecule has 0 saturated heterocycles. The molecule has 2 aromatic rings. The molecule has 2 rings (SSSR count). The van der Waals surface area contributed by atoms with Gasteiger partial charge in [0.15, 0.2) is 6.61 Å². The van der Waals surface area contributed by atoms with Crippen LogP contribution in [0.1, 0.15) is 30.6 Å². The van der Waals surface area contributed by atoms with E-state index in [1.165, 1.54) is 4.88 Å². The lowest BCUT2D eigenvalue weighted by Gasteiger charge is -2.17. The number of aliphatic carboxylic acids is 1. The van der Waals surface area contributed by atoms with Gasteiger partial charge in [-0.3, -0.25) is 4.79 Å². The van der Waals surface area contributed by atoms with E-state index in [9.17, 15) is 9.59 Å². The van der Waals surface area contributed by atoms with Crippen molar-refractivity contribution in [2.24, 2.45) is 0 Å². The molecule has 0 spiro atoms. The zero-order valence-corrected chi connectivity index (χ0v) is 15.1. The lowest BCUT2D eigenvalue weighted by Crippen LogP contribution is -2.25. The van der Waals surface area contributed by atoms with E-state index in [-0.39, 0.29) is 12.5 Å². The van der Waals surface area contributed by atoms with E-state index in [1.807, 2.05) is 0 Å². The molecule has 0 aliphatic rings. The molecule has 134 valence electrons. The number of carbonyl (C=O) groups is 2. The van der Waals surface area contributed by atoms with Gasteiger partial charge in [0, 0.05) is 24.0 Å². The first-order valence-corrected chi connectivity index (χ1v) is 9.18. The summed E-state index contributed by atoms with van der Waals surface area (Å²) in [6, 6.07) is 11.1. The monoisotopic (exact) mass is 361 g/mol. The van der Waals surface area contributed by atoms with Crippen molar-refractivity contribution >= 4 is 28.9 Å². The summed E-state index contributed by atoms with van der Waals surface area (Å²) in [6.45, 7) is -0.375. The molecule has 0 bridgehead atoms. The van der Waals surface area contributed by atoms with E-state index in [0.29, 0.717) is 12.2 Å². The summed E-state index contributed by atoms with van der Waals surface area (Å²) in [6.07, 6.45) is 4.64. The smallest absolute Gasteiger partial charge is 0.341 e. The number of amides is 1. The Morgan fingerprint density at radius 2 is 1.88 bits per heavy atom. The van der Waals surface area contributed by atoms with Crippen LogP contribution in [-0.2, 0) is 16.0 Å². The number of benzene rings is 1. The summed E-state index contributed by atoms with van der Waals surface area (Å²) in [5.41, 5.74) is 0.770. The topological polar surface area (TPSA) is 66.8 Å². The van der Waals surface area contributed by atoms with Gasteiger partial charge in [0.2, 0.25) is 5.91 Å². The third kappa shape index (κ3) is 6.58. The highest BCUT2D eigenvalue weighted by Crippen LogP contribution is 2.20. The summed E-state index contributed by atoms with van der Waals surface area (Å²) in [4.78, 5) is 25.7. The van der Waals surface area contributed by atoms with Gasteiger partial charge in [0.25, 0.3) is 0 Å². The molecule has 1 heterocycles. The van der Waals surface area contributed by atoms with Crippen molar-refractivity contribution in [1.29, 1.82) is 0 Å². The Balaban J connectivity index is 1.70. The average molecular weight is 361 g/mol. The first kappa shape index (κ1) is 19.0. The third-order valence-electron chi connectivity index (χ3n) is 3.85. The maximum Gasteiger partial charge on any atom is 0.341 e. The number of nitrogens with zero attached hydrogens (tertiary/aromatic N) is 1. The number of aryl methyl sites for hydroxylation is 1. The first-order valence-electron chi connectivity index (χ1n) is 8.30. The van der Waals surface area contributed by atoms with Gasteiger partial charge < -0.3 is 14.7 Å². The standard InChI is InChI=1S/C19H23NO4S/c1-20(15-9-11-16(12-10-15)24-14-19(22)23)18(21)8-4-2-3-6-17-7-5-13-25-17/h5,7,9-13H,2-4,6,8,14H2,1H3,(H,22,23). The van der Waals surface area contributed by atoms with E-state index < -0.39 is 5.97 Å². The number of anilines is 1. The second-order valence-electron chi connectivity index (χ2n) is 5.77. The minimum Gasteiger partial charge on any atom is -0.482 e. The Morgan fingerprint density at radius 1 is 1.12 bits per heavy atom. The van der Waals surface area contributed by atoms with Gasteiger partial charge in [0.1, 0.15) is 5.75 Å². The minimum atomic E-state index is -1.02. The molecular weight excluding hydrogens is 338 g/mol. The van der Waals surface area contributed by atoms with Gasteiger partial charge in [-0.1, -0.05) is 12.5 Å². The molecule has 0 aliphatic heterocycles. The molecule has 0 aliphatic carbocycles. The average Bonchev–Trinajstić information content (AvgIpc) is 3.12. The fraction of sp³-hybridized carbons (Fsp3) is 0.368. The van der Waals surface area contributed by atoms with Crippen molar-refractivity contribution in [3.05, 3.63) is 46.7 Å². The predicted molar refractivity (Wildman–Crippen MR) is 99.5 cm³/mol. The number of hydrogen-bond acceptors (Lipinski definition) is 4. The van der Waals surface area contributed by atoms with Crippen molar-refractivity contribution in [2.75, 3.05) is 18.6 Å². The molecule has 5 nitrogen and oxygen atoms in total. The molecule has 1 amide bonds. The SMILES string of the molecule is CN(C(=O)CCCCCc1cccs1)c1ccc(OCC(=O)O)cc1. The van der Waals surface area contributed by atoms with Crippen LogP contribution in [0.4, 0.5) is 5.69 Å². The molecule has 0 unspecified atom stereocenters. The molecule has 1 aromatic heterocycles. The highest BCUT2D eigenvalue weighted by atomic mass is 32.1. The lowest BCUT2D eigenvalue weighted by molar-refractivity contribution is -0.139. The summed E-state index contributed by atoms with van der Waals surface area (Å²) >= 11 is 1.78. The summed E-state index contributed by atoms with van der Waals surface area (Å²) < 4.78 is 5.08. The molecule has 25 heavy (non-hydrogen) atoms. The van der Waals surface area contributed by atoms with Crippen LogP contribution in [0.5, 0.6) is 5.75 Å². The number of thiophene rings is 1. The van der Waals surface area contributed by atoms with E-state index in [2.05, 4.69) is 17.5 Å². The first-order chi connectivity index (χ1) is 12.1. The van der Waals surface area contributed by atoms with Gasteiger partial charge in [-0.2, -0.15) is 0 Å². The number of hydrogen-bond donors (Lipinski definition) is 1. The number of rotatable bonds is 10. The van der Waals surface area contributed by atoms with Crippen molar-refractivity contribution in [3.63, 3.8) is 0 Å². The Labute approximate surface area is 151 Å². The molecule has 0 atom stereocenters. The van der Waals surface area contributed by atoms with E-state index in [4.69, 9.17) is 9.84 Å². The quantitative estimate of drug-likeness (QED) is 0.650. The summed E-state index contributed by atoms with van der Waals surface area (Å²) in [7, 11) is 1.75. The van der Waals surface area contributed by atoms with Crippen LogP contribution in [0.3, 0.4) is 0 Å². The van der Waals surface area contributed by atoms with Crippen LogP contribution in [0.25, 0.3) is 0 Å². The van der Waals surface area contributed by atoms with Crippen LogP contribution in [0, 0.1) is 0 Å². The molecule has 0 radical (unpaired) electrons. The zero-order valence-electron chi connectivity index (χ0n) is 14.3. The predicted octanol–water partition coefficient (Wildman–Crippen LogP) is 3.98. The van der Waals surface area contributed by atoms with Crippen molar-refractivity contribution in [3.8, 4) is 5.75 Å². The summed E-state index contributed by atoms with van der Waals surface area (Å²) in [5.74, 6) is -0.466. The van der Waals surface area contributed by atoms with Crippen LogP contribution in [-0.4, -0.2) is 30.6 Å². The Morgan fingerprint density at radius 3 is 2.52 bits per heavy atom. The second-order valence-corrected chi connectivity index (χ2v) is 6.80. The van der Waals surface area contributed by atoms with Crippen LogP contribution >= 0.6 is 11.3 Å². The second kappa shape index (κ2) is 9.84. The van der Waals surface area contributed by atoms with Gasteiger partial charge >= 0.3 is 5.97 Å². The zero-order chi connectivity index (χ0) is 18.1.